The van der Waals surface area contributed by atoms with Gasteiger partial charge in [-0.1, -0.05) is 19.0 Å². The normalized spacial score (nSPS) is 11.5. The van der Waals surface area contributed by atoms with Gasteiger partial charge in [-0.05, 0) is 19.5 Å². The van der Waals surface area contributed by atoms with Crippen LogP contribution in [0.1, 0.15) is 12.8 Å². The van der Waals surface area contributed by atoms with Gasteiger partial charge in [-0.15, -0.1) is 0 Å². The van der Waals surface area contributed by atoms with E-state index in [4.69, 9.17) is 8.54 Å². The van der Waals surface area contributed by atoms with Gasteiger partial charge in [-0.2, -0.15) is 0 Å². The van der Waals surface area contributed by atoms with Crippen LogP contribution in [0, 0.1) is 0 Å². The summed E-state index contributed by atoms with van der Waals surface area (Å²) in [7, 11) is -3.59. The van der Waals surface area contributed by atoms with Crippen molar-refractivity contribution in [3.8, 4) is 0 Å². The van der Waals surface area contributed by atoms with Crippen molar-refractivity contribution >= 4 is 35.4 Å². The Bertz CT molecular complexity index is 199. The molecule has 3 radical (unpaired) electrons. The van der Waals surface area contributed by atoms with Crippen LogP contribution in [0.15, 0.2) is 0 Å². The highest BCUT2D eigenvalue weighted by Gasteiger charge is 2.25. The van der Waals surface area contributed by atoms with Crippen LogP contribution >= 0.6 is 0 Å². The summed E-state index contributed by atoms with van der Waals surface area (Å²) in [6, 6.07) is 1.07. The van der Waals surface area contributed by atoms with Gasteiger partial charge < -0.3 is 17.5 Å². The van der Waals surface area contributed by atoms with Gasteiger partial charge in [0.1, 0.15) is 8.31 Å². The summed E-state index contributed by atoms with van der Waals surface area (Å²) >= 11 is 0. The quantitative estimate of drug-likeness (QED) is 0.468. The zero-order valence-electron chi connectivity index (χ0n) is 9.46. The molecule has 0 saturated carbocycles. The molecule has 0 atom stereocenters. The molecule has 0 unspecified atom stereocenters. The maximum Gasteiger partial charge on any atom is 0.580 e. The molecule has 8 heteroatoms. The van der Waals surface area contributed by atoms with Crippen LogP contribution in [0.2, 0.25) is 25.7 Å². The Labute approximate surface area is 98.3 Å². The van der Waals surface area contributed by atoms with Crippen molar-refractivity contribution in [3.63, 3.8) is 0 Å². The summed E-state index contributed by atoms with van der Waals surface area (Å²) in [5.74, 6) is 0. The average Bonchev–Trinajstić information content (AvgIpc) is 2.16. The molecule has 0 aromatic carbocycles. The van der Waals surface area contributed by atoms with E-state index in [0.717, 1.165) is 18.9 Å². The second-order valence-electron chi connectivity index (χ2n) is 3.77. The molecule has 0 N–H and O–H groups in total. The molecule has 0 spiro atoms. The summed E-state index contributed by atoms with van der Waals surface area (Å²) in [4.78, 5) is 0. The van der Waals surface area contributed by atoms with Crippen LogP contribution < -0.4 is 0 Å². The smallest absolute Gasteiger partial charge is 0.556 e. The third kappa shape index (κ3) is 9.17. The number of hydrogen-bond donors (Lipinski definition) is 0. The van der Waals surface area contributed by atoms with E-state index in [2.05, 4.69) is 6.55 Å². The van der Waals surface area contributed by atoms with Crippen molar-refractivity contribution in [3.05, 3.63) is 0 Å². The van der Waals surface area contributed by atoms with E-state index in [1.807, 2.05) is 13.1 Å². The molecular weight excluding hydrogens is 260 g/mol. The Morgan fingerprint density at radius 1 is 1.27 bits per heavy atom. The second kappa shape index (κ2) is 8.39. The van der Waals surface area contributed by atoms with Crippen molar-refractivity contribution < 1.29 is 17.5 Å². The minimum absolute atomic E-state index is 0.113. The molecule has 0 saturated heterocycles. The molecule has 0 aliphatic carbocycles. The molecule has 0 fully saturated rings. The third-order valence-corrected chi connectivity index (χ3v) is 8.30. The van der Waals surface area contributed by atoms with Crippen LogP contribution in [0.5, 0.6) is 0 Å². The van der Waals surface area contributed by atoms with Crippen molar-refractivity contribution in [1.82, 2.24) is 0 Å². The zero-order chi connectivity index (χ0) is 11.7. The lowest BCUT2D eigenvalue weighted by Crippen LogP contribution is -2.35. The fraction of sp³-hybridized carbons (Fsp3) is 1.00. The number of hydrogen-bond acceptors (Lipinski definition) is 4. The van der Waals surface area contributed by atoms with Gasteiger partial charge in [0.05, 0.1) is 0 Å². The lowest BCUT2D eigenvalue weighted by atomic mass is 10.4. The van der Waals surface area contributed by atoms with Crippen molar-refractivity contribution in [2.24, 2.45) is 0 Å². The minimum Gasteiger partial charge on any atom is -0.556 e. The number of rotatable bonds is 9. The molecule has 0 heterocycles. The van der Waals surface area contributed by atoms with Crippen LogP contribution in [0.4, 0.5) is 0 Å². The lowest BCUT2D eigenvalue weighted by molar-refractivity contribution is 0.242. The second-order valence-corrected chi connectivity index (χ2v) is 13.3. The summed E-state index contributed by atoms with van der Waals surface area (Å²) in [6.07, 6.45) is 2.03. The zero-order valence-corrected chi connectivity index (χ0v) is 13.5. The van der Waals surface area contributed by atoms with Crippen molar-refractivity contribution in [1.29, 1.82) is 0 Å². The predicted molar refractivity (Wildman–Crippen MR) is 63.1 cm³/mol. The first kappa shape index (κ1) is 15.2. The summed E-state index contributed by atoms with van der Waals surface area (Å²) in [5, 5.41) is 0. The topological polar surface area (TPSA) is 52.6 Å². The van der Waals surface area contributed by atoms with Gasteiger partial charge in [0.25, 0.3) is 8.92 Å². The fourth-order valence-corrected chi connectivity index (χ4v) is 4.38. The third-order valence-electron chi connectivity index (χ3n) is 1.86. The van der Waals surface area contributed by atoms with E-state index < -0.39 is 26.5 Å². The highest BCUT2D eigenvalue weighted by molar-refractivity contribution is 7.05. The molecule has 15 heavy (non-hydrogen) atoms. The summed E-state index contributed by atoms with van der Waals surface area (Å²) in [5.41, 5.74) is 0. The Balaban J connectivity index is 3.45. The fourth-order valence-electron chi connectivity index (χ4n) is 0.991. The minimum atomic E-state index is -2.14. The highest BCUT2D eigenvalue weighted by atomic mass is 29.2. The van der Waals surface area contributed by atoms with Crippen molar-refractivity contribution in [2.45, 2.75) is 38.5 Å². The maximum absolute atomic E-state index is 10.5. The molecule has 0 amide bonds. The molecule has 0 aliphatic rings. The monoisotopic (exact) mass is 277 g/mol. The largest absolute Gasteiger partial charge is 0.580 e. The molecular formula is C7H17O4Si4. The van der Waals surface area contributed by atoms with Crippen LogP contribution in [0.25, 0.3) is 0 Å². The Hall–Kier alpha value is 0.228. The SMILES string of the molecule is C[Si](CCCCO[Si](C)(C)O[Si]=O)[Si]=O. The van der Waals surface area contributed by atoms with E-state index in [9.17, 15) is 8.92 Å². The number of unbranched alkanes of at least 4 members (excludes halogenated alkanes) is 1. The van der Waals surface area contributed by atoms with E-state index in [0.29, 0.717) is 6.61 Å². The molecule has 85 valence electrons. The standard InChI is InChI=1S/C7H17O4Si4/c1-14(13-9)7-5-4-6-10-15(2,3)11-12-8/h4-7H2,1-3H3. The van der Waals surface area contributed by atoms with E-state index in [1.54, 1.807) is 0 Å². The molecule has 4 nitrogen and oxygen atoms in total. The van der Waals surface area contributed by atoms with E-state index >= 15 is 0 Å². The Kier molecular flexibility index (Phi) is 8.51. The highest BCUT2D eigenvalue weighted by Crippen LogP contribution is 2.07. The molecule has 0 rings (SSSR count). The van der Waals surface area contributed by atoms with Gasteiger partial charge in [-0.25, -0.2) is 0 Å². The summed E-state index contributed by atoms with van der Waals surface area (Å²) < 4.78 is 31.4. The van der Waals surface area contributed by atoms with Gasteiger partial charge >= 0.3 is 18.2 Å². The Morgan fingerprint density at radius 3 is 2.47 bits per heavy atom. The van der Waals surface area contributed by atoms with E-state index in [1.165, 1.54) is 0 Å². The lowest BCUT2D eigenvalue weighted by Gasteiger charge is -2.20. The van der Waals surface area contributed by atoms with Gasteiger partial charge in [0.2, 0.25) is 0 Å². The summed E-state index contributed by atoms with van der Waals surface area (Å²) in [6.45, 7) is 6.50. The van der Waals surface area contributed by atoms with Gasteiger partial charge in [-0.3, -0.25) is 0 Å². The molecule has 0 aliphatic heterocycles. The molecule has 0 aromatic heterocycles. The predicted octanol–water partition coefficient (Wildman–Crippen LogP) is 1.14. The van der Waals surface area contributed by atoms with Crippen LogP contribution in [-0.4, -0.2) is 42.1 Å². The van der Waals surface area contributed by atoms with Crippen LogP contribution in [0.3, 0.4) is 0 Å². The first-order chi connectivity index (χ1) is 7.02. The molecule has 0 aromatic rings. The van der Waals surface area contributed by atoms with E-state index in [-0.39, 0.29) is 8.92 Å². The first-order valence-electron chi connectivity index (χ1n) is 4.91. The molecule has 0 bridgehead atoms. The van der Waals surface area contributed by atoms with Gasteiger partial charge in [0, 0.05) is 6.61 Å². The maximum atomic E-state index is 10.5. The first-order valence-corrected chi connectivity index (χ1v) is 12.7. The Morgan fingerprint density at radius 2 is 1.93 bits per heavy atom. The van der Waals surface area contributed by atoms with Crippen LogP contribution in [-0.2, 0) is 17.5 Å². The average molecular weight is 278 g/mol. The van der Waals surface area contributed by atoms with Gasteiger partial charge in [0.15, 0.2) is 0 Å². The van der Waals surface area contributed by atoms with Crippen molar-refractivity contribution in [2.75, 3.05) is 6.61 Å².